The van der Waals surface area contributed by atoms with E-state index in [9.17, 15) is 4.79 Å². The van der Waals surface area contributed by atoms with Gasteiger partial charge in [-0.15, -0.1) is 0 Å². The van der Waals surface area contributed by atoms with E-state index < -0.39 is 0 Å². The van der Waals surface area contributed by atoms with Gasteiger partial charge in [0.2, 0.25) is 5.43 Å². The summed E-state index contributed by atoms with van der Waals surface area (Å²) in [5, 5.41) is 13.2. The first kappa shape index (κ1) is 17.8. The van der Waals surface area contributed by atoms with Crippen molar-refractivity contribution in [2.24, 2.45) is 7.05 Å². The minimum Gasteiger partial charge on any atom is -0.288 e. The fraction of sp³-hybridized carbons (Fsp3) is 0.250. The molecule has 0 fully saturated rings. The van der Waals surface area contributed by atoms with Crippen LogP contribution in [0.2, 0.25) is 0 Å². The molecule has 28 heavy (non-hydrogen) atoms. The molecular formula is C20H21N7O. The van der Waals surface area contributed by atoms with Crippen LogP contribution in [0, 0.1) is 0 Å². The SMILES string of the molecule is CCn1cnc(-c2cccc(C(C)c3nn(-c4cnn(C)c4)ccc3=O)c2)n1. The summed E-state index contributed by atoms with van der Waals surface area (Å²) in [5.41, 5.74) is 3.10. The molecule has 8 nitrogen and oxygen atoms in total. The Morgan fingerprint density at radius 2 is 2.04 bits per heavy atom. The molecular weight excluding hydrogens is 354 g/mol. The third kappa shape index (κ3) is 3.36. The average Bonchev–Trinajstić information content (AvgIpc) is 3.37. The molecule has 3 heterocycles. The minimum atomic E-state index is -0.176. The summed E-state index contributed by atoms with van der Waals surface area (Å²) >= 11 is 0. The first-order valence-corrected chi connectivity index (χ1v) is 9.14. The van der Waals surface area contributed by atoms with Gasteiger partial charge in [-0.25, -0.2) is 9.67 Å². The molecule has 142 valence electrons. The van der Waals surface area contributed by atoms with Crippen LogP contribution >= 0.6 is 0 Å². The summed E-state index contributed by atoms with van der Waals surface area (Å²) in [5.74, 6) is 0.495. The second kappa shape index (κ2) is 7.22. The van der Waals surface area contributed by atoms with Crippen LogP contribution in [0.3, 0.4) is 0 Å². The molecule has 0 saturated carbocycles. The van der Waals surface area contributed by atoms with Crippen molar-refractivity contribution >= 4 is 0 Å². The molecule has 0 radical (unpaired) electrons. The molecule has 0 aliphatic heterocycles. The minimum absolute atomic E-state index is 0.0913. The fourth-order valence-electron chi connectivity index (χ4n) is 3.08. The van der Waals surface area contributed by atoms with Crippen LogP contribution in [0.1, 0.15) is 31.0 Å². The Balaban J connectivity index is 1.70. The van der Waals surface area contributed by atoms with E-state index in [1.165, 1.54) is 0 Å². The van der Waals surface area contributed by atoms with Crippen LogP contribution in [0.15, 0.2) is 60.0 Å². The Bertz CT molecular complexity index is 1170. The van der Waals surface area contributed by atoms with Gasteiger partial charge in [0.1, 0.15) is 17.7 Å². The Morgan fingerprint density at radius 3 is 2.75 bits per heavy atom. The lowest BCUT2D eigenvalue weighted by atomic mass is 9.95. The van der Waals surface area contributed by atoms with Crippen molar-refractivity contribution in [3.63, 3.8) is 0 Å². The number of aromatic nitrogens is 7. The van der Waals surface area contributed by atoms with Crippen molar-refractivity contribution < 1.29 is 0 Å². The number of hydrogen-bond acceptors (Lipinski definition) is 5. The highest BCUT2D eigenvalue weighted by Crippen LogP contribution is 2.24. The summed E-state index contributed by atoms with van der Waals surface area (Å²) in [6.07, 6.45) is 6.94. The molecule has 0 aliphatic carbocycles. The molecule has 4 rings (SSSR count). The first-order chi connectivity index (χ1) is 13.5. The molecule has 8 heteroatoms. The number of benzene rings is 1. The third-order valence-corrected chi connectivity index (χ3v) is 4.71. The number of aryl methyl sites for hydroxylation is 2. The molecule has 0 saturated heterocycles. The first-order valence-electron chi connectivity index (χ1n) is 9.14. The van der Waals surface area contributed by atoms with Gasteiger partial charge < -0.3 is 0 Å². The number of rotatable bonds is 5. The van der Waals surface area contributed by atoms with Gasteiger partial charge in [-0.1, -0.05) is 25.1 Å². The van der Waals surface area contributed by atoms with Gasteiger partial charge in [-0.3, -0.25) is 14.2 Å². The van der Waals surface area contributed by atoms with Gasteiger partial charge in [0, 0.05) is 37.3 Å². The molecule has 1 unspecified atom stereocenters. The topological polar surface area (TPSA) is 83.4 Å². The van der Waals surface area contributed by atoms with Crippen LogP contribution < -0.4 is 5.43 Å². The average molecular weight is 375 g/mol. The fourth-order valence-corrected chi connectivity index (χ4v) is 3.08. The van der Waals surface area contributed by atoms with E-state index in [2.05, 4.69) is 20.3 Å². The second-order valence-corrected chi connectivity index (χ2v) is 6.65. The van der Waals surface area contributed by atoms with Gasteiger partial charge >= 0.3 is 0 Å². The van der Waals surface area contributed by atoms with Crippen LogP contribution in [0.4, 0.5) is 0 Å². The molecule has 1 atom stereocenters. The van der Waals surface area contributed by atoms with Gasteiger partial charge in [-0.2, -0.15) is 15.3 Å². The highest BCUT2D eigenvalue weighted by Gasteiger charge is 2.16. The number of nitrogens with zero attached hydrogens (tertiary/aromatic N) is 7. The van der Waals surface area contributed by atoms with Gasteiger partial charge in [0.05, 0.1) is 12.4 Å². The molecule has 0 aliphatic rings. The molecule has 0 N–H and O–H groups in total. The number of hydrogen-bond donors (Lipinski definition) is 0. The second-order valence-electron chi connectivity index (χ2n) is 6.65. The zero-order chi connectivity index (χ0) is 19.7. The van der Waals surface area contributed by atoms with Crippen molar-refractivity contribution in [2.45, 2.75) is 26.3 Å². The maximum Gasteiger partial charge on any atom is 0.203 e. The maximum atomic E-state index is 12.5. The zero-order valence-corrected chi connectivity index (χ0v) is 16.0. The van der Waals surface area contributed by atoms with Gasteiger partial charge in [0.15, 0.2) is 5.82 Å². The summed E-state index contributed by atoms with van der Waals surface area (Å²) in [6.45, 7) is 4.77. The van der Waals surface area contributed by atoms with Crippen molar-refractivity contribution in [1.82, 2.24) is 34.3 Å². The highest BCUT2D eigenvalue weighted by molar-refractivity contribution is 5.56. The molecule has 4 aromatic rings. The van der Waals surface area contributed by atoms with Gasteiger partial charge in [0.25, 0.3) is 0 Å². The predicted octanol–water partition coefficient (Wildman–Crippen LogP) is 2.40. The molecule has 1 aromatic carbocycles. The third-order valence-electron chi connectivity index (χ3n) is 4.71. The van der Waals surface area contributed by atoms with Crippen LogP contribution in [0.25, 0.3) is 17.1 Å². The van der Waals surface area contributed by atoms with Crippen LogP contribution in [-0.2, 0) is 13.6 Å². The van der Waals surface area contributed by atoms with Crippen molar-refractivity contribution in [2.75, 3.05) is 0 Å². The van der Waals surface area contributed by atoms with E-state index in [-0.39, 0.29) is 11.3 Å². The Labute approximate surface area is 162 Å². The van der Waals surface area contributed by atoms with Gasteiger partial charge in [-0.05, 0) is 18.6 Å². The zero-order valence-electron chi connectivity index (χ0n) is 16.0. The van der Waals surface area contributed by atoms with Crippen LogP contribution in [0.5, 0.6) is 0 Å². The van der Waals surface area contributed by atoms with Crippen molar-refractivity contribution in [3.8, 4) is 17.1 Å². The molecule has 0 amide bonds. The molecule has 0 bridgehead atoms. The summed E-state index contributed by atoms with van der Waals surface area (Å²) in [6, 6.07) is 9.48. The van der Waals surface area contributed by atoms with E-state index in [1.54, 1.807) is 38.8 Å². The predicted molar refractivity (Wildman–Crippen MR) is 105 cm³/mol. The summed E-state index contributed by atoms with van der Waals surface area (Å²) in [4.78, 5) is 16.9. The lowest BCUT2D eigenvalue weighted by Crippen LogP contribution is -2.18. The van der Waals surface area contributed by atoms with E-state index >= 15 is 0 Å². The normalized spacial score (nSPS) is 12.2. The summed E-state index contributed by atoms with van der Waals surface area (Å²) < 4.78 is 5.16. The monoisotopic (exact) mass is 375 g/mol. The molecule has 0 spiro atoms. The van der Waals surface area contributed by atoms with E-state index in [0.717, 1.165) is 23.4 Å². The summed E-state index contributed by atoms with van der Waals surface area (Å²) in [7, 11) is 1.84. The quantitative estimate of drug-likeness (QED) is 0.535. The maximum absolute atomic E-state index is 12.5. The van der Waals surface area contributed by atoms with E-state index in [0.29, 0.717) is 11.5 Å². The smallest absolute Gasteiger partial charge is 0.203 e. The van der Waals surface area contributed by atoms with Crippen molar-refractivity contribution in [1.29, 1.82) is 0 Å². The lowest BCUT2D eigenvalue weighted by Gasteiger charge is -2.13. The van der Waals surface area contributed by atoms with E-state index in [4.69, 9.17) is 0 Å². The lowest BCUT2D eigenvalue weighted by molar-refractivity contribution is 0.659. The Morgan fingerprint density at radius 1 is 1.18 bits per heavy atom. The van der Waals surface area contributed by atoms with E-state index in [1.807, 2.05) is 51.4 Å². The molecule has 3 aromatic heterocycles. The highest BCUT2D eigenvalue weighted by atomic mass is 16.1. The Hall–Kier alpha value is -3.55. The van der Waals surface area contributed by atoms with Crippen molar-refractivity contribution in [3.05, 3.63) is 76.7 Å². The largest absolute Gasteiger partial charge is 0.288 e. The van der Waals surface area contributed by atoms with Crippen LogP contribution in [-0.4, -0.2) is 34.3 Å². The standard InChI is InChI=1S/C20H21N7O/c1-4-26-13-21-20(24-26)16-7-5-6-15(10-16)14(2)19-18(28)8-9-27(23-19)17-11-22-25(3)12-17/h5-14H,4H2,1-3H3. The Kier molecular flexibility index (Phi) is 4.60.